The second-order valence-corrected chi connectivity index (χ2v) is 4.48. The van der Waals surface area contributed by atoms with E-state index in [1.54, 1.807) is 23.9 Å². The first-order valence-corrected chi connectivity index (χ1v) is 5.62. The molecule has 0 fully saturated rings. The Labute approximate surface area is 108 Å². The minimum atomic E-state index is -0.186. The lowest BCUT2D eigenvalue weighted by Gasteiger charge is -1.98. The van der Waals surface area contributed by atoms with Crippen molar-refractivity contribution in [1.82, 2.24) is 9.78 Å². The van der Waals surface area contributed by atoms with Crippen LogP contribution in [-0.4, -0.2) is 14.9 Å². The number of aliphatic hydroxyl groups is 1. The van der Waals surface area contributed by atoms with Gasteiger partial charge in [0.25, 0.3) is 0 Å². The van der Waals surface area contributed by atoms with Gasteiger partial charge in [-0.1, -0.05) is 0 Å². The lowest BCUT2D eigenvalue weighted by molar-refractivity contribution is 0.270. The molecule has 0 spiro atoms. The Kier molecular flexibility index (Phi) is 4.92. The van der Waals surface area contributed by atoms with Crippen LogP contribution in [0.5, 0.6) is 0 Å². The molecule has 0 radical (unpaired) electrons. The summed E-state index contributed by atoms with van der Waals surface area (Å²) in [6.07, 6.45) is 0. The van der Waals surface area contributed by atoms with Crippen LogP contribution in [0.1, 0.15) is 10.6 Å². The molecule has 4 nitrogen and oxygen atoms in total. The third-order valence-corrected chi connectivity index (χ3v) is 3.09. The van der Waals surface area contributed by atoms with E-state index in [0.29, 0.717) is 12.4 Å². The molecule has 94 valence electrons. The van der Waals surface area contributed by atoms with Crippen molar-refractivity contribution in [3.8, 4) is 0 Å². The number of thiophene rings is 1. The maximum Gasteiger partial charge on any atom is 0.176 e. The molecule has 2 heterocycles. The van der Waals surface area contributed by atoms with Gasteiger partial charge in [-0.05, 0) is 12.1 Å². The standard InChI is InChI=1S/C10H12FN3OS.ClH/c1-14-7(6-15)4-10(13-14)12-5-8-2-3-9(11)16-8;/h2-4,15H,5-6H2,1H3,(H,12,13);1H. The van der Waals surface area contributed by atoms with Crippen LogP contribution in [0.15, 0.2) is 18.2 Å². The third-order valence-electron chi connectivity index (χ3n) is 2.21. The number of nitrogens with one attached hydrogen (secondary N) is 1. The van der Waals surface area contributed by atoms with Gasteiger partial charge in [0.15, 0.2) is 5.13 Å². The van der Waals surface area contributed by atoms with Crippen molar-refractivity contribution in [3.05, 3.63) is 33.9 Å². The fourth-order valence-electron chi connectivity index (χ4n) is 1.36. The molecular formula is C10H13ClFN3OS. The summed E-state index contributed by atoms with van der Waals surface area (Å²) in [6.45, 7) is 0.495. The molecule has 0 saturated heterocycles. The van der Waals surface area contributed by atoms with Crippen molar-refractivity contribution >= 4 is 29.6 Å². The summed E-state index contributed by atoms with van der Waals surface area (Å²) < 4.78 is 14.3. The minimum absolute atomic E-state index is 0. The van der Waals surface area contributed by atoms with E-state index in [9.17, 15) is 4.39 Å². The Bertz CT molecular complexity index is 486. The Morgan fingerprint density at radius 2 is 2.29 bits per heavy atom. The number of halogens is 2. The van der Waals surface area contributed by atoms with Crippen molar-refractivity contribution in [3.63, 3.8) is 0 Å². The number of hydrogen-bond acceptors (Lipinski definition) is 4. The summed E-state index contributed by atoms with van der Waals surface area (Å²) in [4.78, 5) is 0.911. The van der Waals surface area contributed by atoms with Crippen LogP contribution in [0.3, 0.4) is 0 Å². The lowest BCUT2D eigenvalue weighted by atomic mass is 10.4. The number of aliphatic hydroxyl groups excluding tert-OH is 1. The second-order valence-electron chi connectivity index (χ2n) is 3.36. The Morgan fingerprint density at radius 1 is 1.53 bits per heavy atom. The Morgan fingerprint density at radius 3 is 2.82 bits per heavy atom. The molecule has 7 heteroatoms. The molecular weight excluding hydrogens is 265 g/mol. The van der Waals surface area contributed by atoms with Crippen molar-refractivity contribution in [2.75, 3.05) is 5.32 Å². The molecule has 0 amide bonds. The number of anilines is 1. The predicted molar refractivity (Wildman–Crippen MR) is 68.0 cm³/mol. The highest BCUT2D eigenvalue weighted by molar-refractivity contribution is 7.10. The van der Waals surface area contributed by atoms with Gasteiger partial charge < -0.3 is 10.4 Å². The van der Waals surface area contributed by atoms with Crippen LogP contribution in [-0.2, 0) is 20.2 Å². The molecule has 2 aromatic rings. The van der Waals surface area contributed by atoms with Gasteiger partial charge in [-0.15, -0.1) is 23.7 Å². The maximum atomic E-state index is 12.7. The fraction of sp³-hybridized carbons (Fsp3) is 0.300. The first-order chi connectivity index (χ1) is 7.69. The number of rotatable bonds is 4. The molecule has 2 N–H and O–H groups in total. The van der Waals surface area contributed by atoms with Gasteiger partial charge >= 0.3 is 0 Å². The topological polar surface area (TPSA) is 50.1 Å². The van der Waals surface area contributed by atoms with Gasteiger partial charge in [-0.2, -0.15) is 9.49 Å². The fourth-order valence-corrected chi connectivity index (χ4v) is 2.03. The van der Waals surface area contributed by atoms with E-state index in [2.05, 4.69) is 10.4 Å². The van der Waals surface area contributed by atoms with E-state index in [4.69, 9.17) is 5.11 Å². The smallest absolute Gasteiger partial charge is 0.176 e. The average Bonchev–Trinajstić information content (AvgIpc) is 2.82. The predicted octanol–water partition coefficient (Wildman–Crippen LogP) is 2.15. The highest BCUT2D eigenvalue weighted by Crippen LogP contribution is 2.16. The number of aromatic nitrogens is 2. The van der Waals surface area contributed by atoms with Crippen molar-refractivity contribution in [1.29, 1.82) is 0 Å². The summed E-state index contributed by atoms with van der Waals surface area (Å²) in [5.74, 6) is 0.681. The van der Waals surface area contributed by atoms with Crippen LogP contribution < -0.4 is 5.32 Å². The zero-order valence-corrected chi connectivity index (χ0v) is 10.8. The summed E-state index contributed by atoms with van der Waals surface area (Å²) >= 11 is 1.11. The van der Waals surface area contributed by atoms with E-state index in [1.807, 2.05) is 0 Å². The molecule has 17 heavy (non-hydrogen) atoms. The van der Waals surface area contributed by atoms with E-state index in [1.165, 1.54) is 6.07 Å². The summed E-state index contributed by atoms with van der Waals surface area (Å²) in [5, 5.41) is 16.0. The average molecular weight is 278 g/mol. The first-order valence-electron chi connectivity index (χ1n) is 4.81. The summed E-state index contributed by atoms with van der Waals surface area (Å²) in [5.41, 5.74) is 0.736. The molecule has 0 aliphatic rings. The Hall–Kier alpha value is -1.11. The highest BCUT2D eigenvalue weighted by atomic mass is 35.5. The number of hydrogen-bond donors (Lipinski definition) is 2. The molecule has 0 saturated carbocycles. The zero-order valence-electron chi connectivity index (χ0n) is 9.18. The van der Waals surface area contributed by atoms with Crippen LogP contribution in [0.2, 0.25) is 0 Å². The summed E-state index contributed by atoms with van der Waals surface area (Å²) in [6, 6.07) is 4.95. The van der Waals surface area contributed by atoms with E-state index < -0.39 is 0 Å². The molecule has 2 aromatic heterocycles. The third kappa shape index (κ3) is 3.42. The van der Waals surface area contributed by atoms with E-state index >= 15 is 0 Å². The number of nitrogens with zero attached hydrogens (tertiary/aromatic N) is 2. The van der Waals surface area contributed by atoms with Gasteiger partial charge in [-0.3, -0.25) is 4.68 Å². The van der Waals surface area contributed by atoms with Crippen molar-refractivity contribution in [2.45, 2.75) is 13.2 Å². The Balaban J connectivity index is 0.00000144. The van der Waals surface area contributed by atoms with Gasteiger partial charge in [-0.25, -0.2) is 0 Å². The largest absolute Gasteiger partial charge is 0.390 e. The van der Waals surface area contributed by atoms with Gasteiger partial charge in [0.2, 0.25) is 0 Å². The maximum absolute atomic E-state index is 12.7. The lowest BCUT2D eigenvalue weighted by Crippen LogP contribution is -2.00. The van der Waals surface area contributed by atoms with Gasteiger partial charge in [0, 0.05) is 18.0 Å². The minimum Gasteiger partial charge on any atom is -0.390 e. The second kappa shape index (κ2) is 6.00. The normalized spacial score (nSPS) is 10.1. The molecule has 0 unspecified atom stereocenters. The van der Waals surface area contributed by atoms with E-state index in [-0.39, 0.29) is 24.1 Å². The first kappa shape index (κ1) is 14.0. The molecule has 0 atom stereocenters. The van der Waals surface area contributed by atoms with E-state index in [0.717, 1.165) is 21.9 Å². The number of aryl methyl sites for hydroxylation is 1. The quantitative estimate of drug-likeness (QED) is 0.900. The highest BCUT2D eigenvalue weighted by Gasteiger charge is 2.04. The molecule has 0 aliphatic heterocycles. The SMILES string of the molecule is Cl.Cn1nc(NCc2ccc(F)s2)cc1CO. The molecule has 2 rings (SSSR count). The van der Waals surface area contributed by atoms with Crippen LogP contribution >= 0.6 is 23.7 Å². The zero-order chi connectivity index (χ0) is 11.5. The monoisotopic (exact) mass is 277 g/mol. The van der Waals surface area contributed by atoms with Crippen molar-refractivity contribution < 1.29 is 9.50 Å². The summed E-state index contributed by atoms with van der Waals surface area (Å²) in [7, 11) is 1.77. The van der Waals surface area contributed by atoms with Crippen LogP contribution in [0.4, 0.5) is 10.2 Å². The van der Waals surface area contributed by atoms with Crippen LogP contribution in [0.25, 0.3) is 0 Å². The van der Waals surface area contributed by atoms with Crippen LogP contribution in [0, 0.1) is 5.13 Å². The molecule has 0 aromatic carbocycles. The molecule has 0 aliphatic carbocycles. The van der Waals surface area contributed by atoms with Gasteiger partial charge in [0.1, 0.15) is 5.82 Å². The molecule has 0 bridgehead atoms. The van der Waals surface area contributed by atoms with Gasteiger partial charge in [0.05, 0.1) is 18.8 Å². The van der Waals surface area contributed by atoms with Crippen molar-refractivity contribution in [2.24, 2.45) is 7.05 Å².